The fourth-order valence-corrected chi connectivity index (χ4v) is 2.27. The smallest absolute Gasteiger partial charge is 0.153 e. The van der Waals surface area contributed by atoms with E-state index in [0.29, 0.717) is 6.54 Å². The van der Waals surface area contributed by atoms with E-state index in [-0.39, 0.29) is 0 Å². The van der Waals surface area contributed by atoms with E-state index >= 15 is 0 Å². The average molecular weight is 292 g/mol. The van der Waals surface area contributed by atoms with Gasteiger partial charge in [0, 0.05) is 12.8 Å². The summed E-state index contributed by atoms with van der Waals surface area (Å²) in [5.41, 5.74) is 0. The number of nitrogens with one attached hydrogen (secondary N) is 1. The molecule has 116 valence electrons. The van der Waals surface area contributed by atoms with Crippen LogP contribution in [-0.2, 0) is 9.84 Å². The van der Waals surface area contributed by atoms with Gasteiger partial charge in [0.2, 0.25) is 0 Å². The largest absolute Gasteiger partial charge is 0.315 e. The van der Waals surface area contributed by atoms with Crippen LogP contribution in [0.5, 0.6) is 0 Å². The van der Waals surface area contributed by atoms with Crippen molar-refractivity contribution in [2.75, 3.05) is 19.3 Å². The quantitative estimate of drug-likeness (QED) is 0.559. The average Bonchev–Trinajstić information content (AvgIpc) is 2.30. The molecule has 0 bridgehead atoms. The normalized spacial score (nSPS) is 12.8. The van der Waals surface area contributed by atoms with E-state index in [1.165, 1.54) is 51.2 Å². The zero-order valence-corrected chi connectivity index (χ0v) is 14.1. The highest BCUT2D eigenvalue weighted by Gasteiger charge is 2.29. The van der Waals surface area contributed by atoms with Gasteiger partial charge in [0.1, 0.15) is 0 Å². The number of unbranched alkanes of at least 4 members (excludes halogenated alkanes) is 7. The monoisotopic (exact) mass is 291 g/mol. The predicted octanol–water partition coefficient (Wildman–Crippen LogP) is 3.54. The first-order chi connectivity index (χ1) is 8.81. The Labute approximate surface area is 120 Å². The summed E-state index contributed by atoms with van der Waals surface area (Å²) in [6, 6.07) is 0. The molecule has 0 aliphatic carbocycles. The molecule has 0 aromatic heterocycles. The Bertz CT molecular complexity index is 310. The molecule has 0 saturated carbocycles. The third-order valence-electron chi connectivity index (χ3n) is 3.76. The molecule has 0 unspecified atom stereocenters. The molecule has 19 heavy (non-hydrogen) atoms. The van der Waals surface area contributed by atoms with Crippen molar-refractivity contribution >= 4 is 9.84 Å². The van der Waals surface area contributed by atoms with Gasteiger partial charge in [-0.3, -0.25) is 0 Å². The van der Waals surface area contributed by atoms with Crippen molar-refractivity contribution in [3.8, 4) is 0 Å². The van der Waals surface area contributed by atoms with Crippen molar-refractivity contribution in [3.63, 3.8) is 0 Å². The van der Waals surface area contributed by atoms with Crippen LogP contribution in [-0.4, -0.2) is 32.5 Å². The second-order valence-electron chi connectivity index (χ2n) is 6.18. The molecule has 0 atom stereocenters. The summed E-state index contributed by atoms with van der Waals surface area (Å²) in [6.07, 6.45) is 11.8. The van der Waals surface area contributed by atoms with Crippen molar-refractivity contribution < 1.29 is 8.42 Å². The highest BCUT2D eigenvalue weighted by molar-refractivity contribution is 7.92. The molecule has 0 aliphatic heterocycles. The summed E-state index contributed by atoms with van der Waals surface area (Å²) in [7, 11) is -2.98. The molecule has 0 radical (unpaired) electrons. The summed E-state index contributed by atoms with van der Waals surface area (Å²) in [5.74, 6) is 0. The number of hydrogen-bond acceptors (Lipinski definition) is 3. The molecule has 0 aliphatic rings. The molecule has 0 spiro atoms. The zero-order chi connectivity index (χ0) is 14.8. The third-order valence-corrected chi connectivity index (χ3v) is 5.91. The summed E-state index contributed by atoms with van der Waals surface area (Å²) in [5, 5.41) is 3.26. The Balaban J connectivity index is 3.42. The van der Waals surface area contributed by atoms with E-state index in [4.69, 9.17) is 0 Å². The van der Waals surface area contributed by atoms with E-state index in [2.05, 4.69) is 12.2 Å². The molecule has 0 aromatic carbocycles. The molecule has 0 heterocycles. The van der Waals surface area contributed by atoms with E-state index in [1.807, 2.05) is 0 Å². The molecule has 4 heteroatoms. The van der Waals surface area contributed by atoms with Crippen molar-refractivity contribution in [2.45, 2.75) is 76.9 Å². The molecular formula is C15H33NO2S. The molecule has 1 N–H and O–H groups in total. The Hall–Kier alpha value is -0.0900. The predicted molar refractivity (Wildman–Crippen MR) is 84.4 cm³/mol. The van der Waals surface area contributed by atoms with Crippen molar-refractivity contribution in [3.05, 3.63) is 0 Å². The molecule has 0 amide bonds. The van der Waals surface area contributed by atoms with Gasteiger partial charge in [0.05, 0.1) is 4.75 Å². The van der Waals surface area contributed by atoms with Gasteiger partial charge < -0.3 is 5.32 Å². The first-order valence-electron chi connectivity index (χ1n) is 7.71. The van der Waals surface area contributed by atoms with Crippen LogP contribution in [0.3, 0.4) is 0 Å². The van der Waals surface area contributed by atoms with Crippen LogP contribution in [0.2, 0.25) is 0 Å². The van der Waals surface area contributed by atoms with Gasteiger partial charge in [-0.15, -0.1) is 0 Å². The van der Waals surface area contributed by atoms with Gasteiger partial charge in [-0.1, -0.05) is 51.9 Å². The highest BCUT2D eigenvalue weighted by atomic mass is 32.2. The maximum Gasteiger partial charge on any atom is 0.153 e. The van der Waals surface area contributed by atoms with Crippen LogP contribution >= 0.6 is 0 Å². The third kappa shape index (κ3) is 9.44. The summed E-state index contributed by atoms with van der Waals surface area (Å²) < 4.78 is 22.3. The fourth-order valence-electron chi connectivity index (χ4n) is 1.90. The maximum absolute atomic E-state index is 11.5. The minimum absolute atomic E-state index is 0.544. The van der Waals surface area contributed by atoms with Gasteiger partial charge in [0.15, 0.2) is 9.84 Å². The lowest BCUT2D eigenvalue weighted by Crippen LogP contribution is -2.41. The second kappa shape index (κ2) is 9.76. The van der Waals surface area contributed by atoms with Crippen LogP contribution in [0.4, 0.5) is 0 Å². The van der Waals surface area contributed by atoms with Gasteiger partial charge in [-0.25, -0.2) is 8.42 Å². The van der Waals surface area contributed by atoms with Crippen molar-refractivity contribution in [2.24, 2.45) is 0 Å². The number of sulfone groups is 1. The molecule has 0 rings (SSSR count). The van der Waals surface area contributed by atoms with Crippen LogP contribution in [0.1, 0.15) is 72.1 Å². The summed E-state index contributed by atoms with van der Waals surface area (Å²) in [4.78, 5) is 0. The topological polar surface area (TPSA) is 46.2 Å². The standard InChI is InChI=1S/C15H33NO2S/c1-5-6-7-8-9-10-11-12-13-16-14-15(2,3)19(4,17)18/h16H,5-14H2,1-4H3. The Morgan fingerprint density at radius 1 is 0.895 bits per heavy atom. The molecular weight excluding hydrogens is 258 g/mol. The molecule has 0 fully saturated rings. The Kier molecular flexibility index (Phi) is 9.71. The first kappa shape index (κ1) is 18.9. The lowest BCUT2D eigenvalue weighted by Gasteiger charge is -2.22. The zero-order valence-electron chi connectivity index (χ0n) is 13.3. The van der Waals surface area contributed by atoms with Crippen LogP contribution in [0.15, 0.2) is 0 Å². The molecule has 0 saturated heterocycles. The van der Waals surface area contributed by atoms with Gasteiger partial charge in [0.25, 0.3) is 0 Å². The van der Waals surface area contributed by atoms with Crippen LogP contribution < -0.4 is 5.32 Å². The van der Waals surface area contributed by atoms with Crippen molar-refractivity contribution in [1.82, 2.24) is 5.32 Å². The Morgan fingerprint density at radius 3 is 1.84 bits per heavy atom. The minimum atomic E-state index is -2.98. The van der Waals surface area contributed by atoms with E-state index < -0.39 is 14.6 Å². The summed E-state index contributed by atoms with van der Waals surface area (Å²) in [6.45, 7) is 7.27. The minimum Gasteiger partial charge on any atom is -0.315 e. The van der Waals surface area contributed by atoms with Crippen molar-refractivity contribution in [1.29, 1.82) is 0 Å². The highest BCUT2D eigenvalue weighted by Crippen LogP contribution is 2.13. The molecule has 0 aromatic rings. The van der Waals surface area contributed by atoms with Gasteiger partial charge in [-0.05, 0) is 26.8 Å². The fraction of sp³-hybridized carbons (Fsp3) is 1.00. The number of rotatable bonds is 12. The Morgan fingerprint density at radius 2 is 1.37 bits per heavy atom. The van der Waals surface area contributed by atoms with E-state index in [1.54, 1.807) is 13.8 Å². The SMILES string of the molecule is CCCCCCCCCCNCC(C)(C)S(C)(=O)=O. The van der Waals surface area contributed by atoms with Gasteiger partial charge in [-0.2, -0.15) is 0 Å². The van der Waals surface area contributed by atoms with Crippen LogP contribution in [0, 0.1) is 0 Å². The maximum atomic E-state index is 11.5. The first-order valence-corrected chi connectivity index (χ1v) is 9.60. The van der Waals surface area contributed by atoms with Gasteiger partial charge >= 0.3 is 0 Å². The van der Waals surface area contributed by atoms with Crippen LogP contribution in [0.25, 0.3) is 0 Å². The number of hydrogen-bond donors (Lipinski definition) is 1. The lowest BCUT2D eigenvalue weighted by atomic mass is 10.1. The lowest BCUT2D eigenvalue weighted by molar-refractivity contribution is 0.506. The summed E-state index contributed by atoms with van der Waals surface area (Å²) >= 11 is 0. The van der Waals surface area contributed by atoms with E-state index in [0.717, 1.165) is 13.0 Å². The second-order valence-corrected chi connectivity index (χ2v) is 8.83. The molecule has 3 nitrogen and oxygen atoms in total. The van der Waals surface area contributed by atoms with E-state index in [9.17, 15) is 8.42 Å².